The molecule has 8 heteroatoms. The lowest BCUT2D eigenvalue weighted by Gasteiger charge is -2.08. The summed E-state index contributed by atoms with van der Waals surface area (Å²) in [5.74, 6) is 0.0721. The minimum atomic E-state index is -0.120. The van der Waals surface area contributed by atoms with E-state index in [4.69, 9.17) is 18.9 Å². The van der Waals surface area contributed by atoms with Gasteiger partial charge in [0.1, 0.15) is 0 Å². The second-order valence-electron chi connectivity index (χ2n) is 10.1. The molecule has 0 spiro atoms. The van der Waals surface area contributed by atoms with Crippen molar-refractivity contribution in [3.05, 3.63) is 0 Å². The summed E-state index contributed by atoms with van der Waals surface area (Å²) < 4.78 is 19.5. The molecule has 0 saturated carbocycles. The van der Waals surface area contributed by atoms with Crippen molar-refractivity contribution >= 4 is 23.9 Å². The van der Waals surface area contributed by atoms with E-state index >= 15 is 0 Å². The molecule has 0 aromatic carbocycles. The molecule has 0 bridgehead atoms. The van der Waals surface area contributed by atoms with Gasteiger partial charge in [0.15, 0.2) is 0 Å². The van der Waals surface area contributed by atoms with Gasteiger partial charge >= 0.3 is 23.9 Å². The number of hydrogen-bond donors (Lipinski definition) is 0. The van der Waals surface area contributed by atoms with Crippen molar-refractivity contribution < 1.29 is 38.1 Å². The predicted octanol–water partition coefficient (Wildman–Crippen LogP) is 7.31. The minimum absolute atomic E-state index is 0.00116. The summed E-state index contributed by atoms with van der Waals surface area (Å²) in [5, 5.41) is 0. The van der Waals surface area contributed by atoms with Crippen molar-refractivity contribution in [2.75, 3.05) is 19.8 Å². The van der Waals surface area contributed by atoms with Gasteiger partial charge in [-0.15, -0.1) is 0 Å². The van der Waals surface area contributed by atoms with Crippen LogP contribution in [0.5, 0.6) is 0 Å². The fourth-order valence-corrected chi connectivity index (χ4v) is 1.88. The van der Waals surface area contributed by atoms with E-state index in [1.807, 2.05) is 76.2 Å². The van der Waals surface area contributed by atoms with Gasteiger partial charge < -0.3 is 18.9 Å². The van der Waals surface area contributed by atoms with Crippen LogP contribution in [0.2, 0.25) is 0 Å². The number of rotatable bonds is 14. The first-order valence-corrected chi connectivity index (χ1v) is 14.4. The summed E-state index contributed by atoms with van der Waals surface area (Å²) in [6.07, 6.45) is 5.86. The maximum atomic E-state index is 10.8. The van der Waals surface area contributed by atoms with E-state index in [0.29, 0.717) is 38.6 Å². The molecule has 0 aliphatic heterocycles. The Hall–Kier alpha value is -2.12. The van der Waals surface area contributed by atoms with E-state index in [9.17, 15) is 19.2 Å². The lowest BCUT2D eigenvalue weighted by atomic mass is 10.2. The van der Waals surface area contributed by atoms with E-state index in [1.54, 1.807) is 0 Å². The minimum Gasteiger partial charge on any atom is -0.466 e. The highest BCUT2D eigenvalue weighted by Gasteiger charge is 2.09. The molecular weight excluding hydrogens is 488 g/mol. The highest BCUT2D eigenvalue weighted by molar-refractivity contribution is 5.72. The van der Waals surface area contributed by atoms with Gasteiger partial charge in [0, 0.05) is 12.8 Å². The molecule has 8 nitrogen and oxygen atoms in total. The van der Waals surface area contributed by atoms with Crippen molar-refractivity contribution in [3.8, 4) is 0 Å². The molecule has 0 fully saturated rings. The van der Waals surface area contributed by atoms with Crippen molar-refractivity contribution in [1.82, 2.24) is 0 Å². The molecule has 0 aliphatic carbocycles. The van der Waals surface area contributed by atoms with Gasteiger partial charge in [-0.3, -0.25) is 19.2 Å². The van der Waals surface area contributed by atoms with Crippen molar-refractivity contribution in [3.63, 3.8) is 0 Å². The largest absolute Gasteiger partial charge is 0.466 e. The highest BCUT2D eigenvalue weighted by atomic mass is 16.5. The molecule has 0 atom stereocenters. The Morgan fingerprint density at radius 3 is 1.29 bits per heavy atom. The SMILES string of the molecule is CC(C)COC(=O)C(C)C.CC(C)OC(=O)C(C)C.CCCCOC(=O)CCC.CCCOC(=O)CCC. The van der Waals surface area contributed by atoms with E-state index in [2.05, 4.69) is 6.92 Å². The van der Waals surface area contributed by atoms with Gasteiger partial charge in [-0.2, -0.15) is 0 Å². The van der Waals surface area contributed by atoms with Gasteiger partial charge in [0.05, 0.1) is 37.8 Å². The van der Waals surface area contributed by atoms with Crippen LogP contribution in [0.15, 0.2) is 0 Å². The first kappa shape index (κ1) is 43.0. The molecule has 0 N–H and O–H groups in total. The zero-order chi connectivity index (χ0) is 30.5. The van der Waals surface area contributed by atoms with Crippen molar-refractivity contribution in [2.24, 2.45) is 17.8 Å². The first-order valence-electron chi connectivity index (χ1n) is 14.4. The smallest absolute Gasteiger partial charge is 0.308 e. The normalized spacial score (nSPS) is 9.89. The van der Waals surface area contributed by atoms with Crippen molar-refractivity contribution in [2.45, 2.75) is 134 Å². The molecule has 0 radical (unpaired) electrons. The number of carbonyl (C=O) groups is 4. The Morgan fingerprint density at radius 1 is 0.553 bits per heavy atom. The summed E-state index contributed by atoms with van der Waals surface area (Å²) in [5.41, 5.74) is 0. The van der Waals surface area contributed by atoms with Crippen LogP contribution in [-0.4, -0.2) is 49.8 Å². The zero-order valence-corrected chi connectivity index (χ0v) is 26.6. The summed E-state index contributed by atoms with van der Waals surface area (Å²) in [6.45, 7) is 24.8. The molecule has 0 unspecified atom stereocenters. The Bertz CT molecular complexity index is 569. The van der Waals surface area contributed by atoms with Crippen LogP contribution in [0.4, 0.5) is 0 Å². The van der Waals surface area contributed by atoms with Crippen LogP contribution in [0.25, 0.3) is 0 Å². The lowest BCUT2D eigenvalue weighted by Crippen LogP contribution is -2.16. The number of unbranched alkanes of at least 4 members (excludes halogenated alkanes) is 1. The van der Waals surface area contributed by atoms with Crippen LogP contribution in [0.1, 0.15) is 128 Å². The quantitative estimate of drug-likeness (QED) is 0.126. The average Bonchev–Trinajstić information content (AvgIpc) is 2.82. The second-order valence-corrected chi connectivity index (χ2v) is 10.1. The molecule has 0 aromatic rings. The monoisotopic (exact) mass is 548 g/mol. The number of carbonyl (C=O) groups excluding carboxylic acids is 4. The third-order valence-electron chi connectivity index (χ3n) is 3.99. The highest BCUT2D eigenvalue weighted by Crippen LogP contribution is 2.00. The Morgan fingerprint density at radius 2 is 1.00 bits per heavy atom. The maximum Gasteiger partial charge on any atom is 0.308 e. The topological polar surface area (TPSA) is 105 Å². The number of hydrogen-bond acceptors (Lipinski definition) is 8. The standard InChI is InChI=1S/2C8H16O2.2C7H14O2/c1-6(2)5-10-8(9)7(3)4;1-3-5-7-10-8(9)6-4-2;1-5(2)7(8)9-6(3)4;1-3-5-7(8)9-6-4-2/h6-7H,5H2,1-4H3;3-7H2,1-2H3;5-6H,1-4H3;3-6H2,1-2H3. The third kappa shape index (κ3) is 41.0. The van der Waals surface area contributed by atoms with E-state index < -0.39 is 0 Å². The summed E-state index contributed by atoms with van der Waals surface area (Å²) in [6, 6.07) is 0. The van der Waals surface area contributed by atoms with E-state index in [-0.39, 0.29) is 41.8 Å². The Balaban J connectivity index is -0.000000203. The first-order chi connectivity index (χ1) is 17.7. The summed E-state index contributed by atoms with van der Waals surface area (Å²) >= 11 is 0. The molecule has 0 heterocycles. The van der Waals surface area contributed by atoms with E-state index in [0.717, 1.165) is 32.1 Å². The molecule has 0 saturated heterocycles. The lowest BCUT2D eigenvalue weighted by molar-refractivity contribution is -0.151. The third-order valence-corrected chi connectivity index (χ3v) is 3.99. The summed E-state index contributed by atoms with van der Waals surface area (Å²) in [7, 11) is 0. The zero-order valence-electron chi connectivity index (χ0n) is 26.6. The number of ether oxygens (including phenoxy) is 4. The molecule has 0 aromatic heterocycles. The van der Waals surface area contributed by atoms with Crippen LogP contribution in [0, 0.1) is 17.8 Å². The Kier molecular flexibility index (Phi) is 35.2. The summed E-state index contributed by atoms with van der Waals surface area (Å²) in [4.78, 5) is 42.8. The fourth-order valence-electron chi connectivity index (χ4n) is 1.88. The molecule has 0 aliphatic rings. The molecular formula is C30H60O8. The molecule has 38 heavy (non-hydrogen) atoms. The van der Waals surface area contributed by atoms with E-state index in [1.165, 1.54) is 0 Å². The van der Waals surface area contributed by atoms with Gasteiger partial charge in [-0.25, -0.2) is 0 Å². The Labute approximate surface area is 233 Å². The molecule has 0 amide bonds. The van der Waals surface area contributed by atoms with Gasteiger partial charge in [-0.05, 0) is 45.4 Å². The van der Waals surface area contributed by atoms with Gasteiger partial charge in [0.2, 0.25) is 0 Å². The van der Waals surface area contributed by atoms with Crippen LogP contribution in [0.3, 0.4) is 0 Å². The van der Waals surface area contributed by atoms with Crippen LogP contribution >= 0.6 is 0 Å². The molecule has 0 rings (SSSR count). The van der Waals surface area contributed by atoms with Gasteiger partial charge in [0.25, 0.3) is 0 Å². The average molecular weight is 549 g/mol. The van der Waals surface area contributed by atoms with Crippen molar-refractivity contribution in [1.29, 1.82) is 0 Å². The van der Waals surface area contributed by atoms with Crippen LogP contribution < -0.4 is 0 Å². The molecule has 228 valence electrons. The number of esters is 4. The van der Waals surface area contributed by atoms with Gasteiger partial charge in [-0.1, -0.05) is 75.7 Å². The maximum absolute atomic E-state index is 10.8. The second kappa shape index (κ2) is 31.1. The predicted molar refractivity (Wildman–Crippen MR) is 154 cm³/mol. The van der Waals surface area contributed by atoms with Crippen LogP contribution in [-0.2, 0) is 38.1 Å². The fraction of sp³-hybridized carbons (Fsp3) is 0.867.